The van der Waals surface area contributed by atoms with Gasteiger partial charge in [0.2, 0.25) is 5.91 Å². The Kier molecular flexibility index (Phi) is 11.6. The molecule has 0 radical (unpaired) electrons. The van der Waals surface area contributed by atoms with Crippen molar-refractivity contribution < 1.29 is 18.2 Å². The van der Waals surface area contributed by atoms with Crippen LogP contribution in [-0.2, 0) is 26.8 Å². The summed E-state index contributed by atoms with van der Waals surface area (Å²) in [6.45, 7) is 8.39. The molecule has 1 aromatic heterocycles. The summed E-state index contributed by atoms with van der Waals surface area (Å²) in [5, 5.41) is 2.92. The minimum absolute atomic E-state index is 0.117. The Morgan fingerprint density at radius 1 is 1.15 bits per heavy atom. The number of aromatic nitrogens is 1. The molecule has 214 valence electrons. The maximum Gasteiger partial charge on any atom is 0.232 e. The lowest BCUT2D eigenvalue weighted by molar-refractivity contribution is -0.118. The molecule has 0 saturated carbocycles. The molecule has 1 aliphatic rings. The number of halogens is 1. The van der Waals surface area contributed by atoms with E-state index in [-0.39, 0.29) is 29.5 Å². The maximum absolute atomic E-state index is 13.7. The summed E-state index contributed by atoms with van der Waals surface area (Å²) in [6.07, 6.45) is 7.89. The molecule has 0 spiro atoms. The molecule has 2 heterocycles. The Morgan fingerprint density at radius 3 is 2.50 bits per heavy atom. The lowest BCUT2D eigenvalue weighted by atomic mass is 9.93. The number of amides is 1. The summed E-state index contributed by atoms with van der Waals surface area (Å²) in [5.74, 6) is 0.0493. The number of nitrogens with zero attached hydrogens (tertiary/aromatic N) is 2. The number of rotatable bonds is 9. The van der Waals surface area contributed by atoms with Gasteiger partial charge in [-0.2, -0.15) is 0 Å². The predicted molar refractivity (Wildman–Crippen MR) is 161 cm³/mol. The van der Waals surface area contributed by atoms with Gasteiger partial charge in [-0.3, -0.25) is 9.00 Å². The molecule has 1 amide bonds. The third-order valence-corrected chi connectivity index (χ3v) is 8.02. The van der Waals surface area contributed by atoms with Gasteiger partial charge in [-0.15, -0.1) is 0 Å². The molecule has 3 unspecified atom stereocenters. The van der Waals surface area contributed by atoms with Crippen molar-refractivity contribution in [3.8, 4) is 0 Å². The Bertz CT molecular complexity index is 1330. The van der Waals surface area contributed by atoms with Crippen LogP contribution in [0.25, 0.3) is 0 Å². The van der Waals surface area contributed by atoms with E-state index in [2.05, 4.69) is 15.2 Å². The second-order valence-corrected chi connectivity index (χ2v) is 11.5. The van der Waals surface area contributed by atoms with Gasteiger partial charge in [0.15, 0.2) is 0 Å². The fraction of sp³-hybridized carbons (Fsp3) is 0.406. The van der Waals surface area contributed by atoms with Crippen LogP contribution in [-0.4, -0.2) is 33.7 Å². The van der Waals surface area contributed by atoms with Crippen molar-refractivity contribution >= 4 is 34.0 Å². The van der Waals surface area contributed by atoms with Crippen molar-refractivity contribution in [3.05, 3.63) is 83.3 Å². The average Bonchev–Trinajstić information content (AvgIpc) is 3.43. The Labute approximate surface area is 239 Å². The molecule has 8 heteroatoms. The second-order valence-electron chi connectivity index (χ2n) is 10.1. The minimum atomic E-state index is -1.06. The highest BCUT2D eigenvalue weighted by molar-refractivity contribution is 7.84. The minimum Gasteiger partial charge on any atom is -0.363 e. The second kappa shape index (κ2) is 14.8. The predicted octanol–water partition coefficient (Wildman–Crippen LogP) is 6.98. The first kappa shape index (κ1) is 31.1. The van der Waals surface area contributed by atoms with Crippen LogP contribution in [0.3, 0.4) is 0 Å². The van der Waals surface area contributed by atoms with Gasteiger partial charge in [0, 0.05) is 34.9 Å². The molecule has 0 aliphatic carbocycles. The summed E-state index contributed by atoms with van der Waals surface area (Å²) in [5.41, 5.74) is 3.87. The van der Waals surface area contributed by atoms with E-state index in [1.807, 2.05) is 57.2 Å². The molecule has 1 saturated heterocycles. The molecule has 1 fully saturated rings. The topological polar surface area (TPSA) is 79.4 Å². The Hall–Kier alpha value is -3.39. The number of nitrogens with one attached hydrogen (secondary N) is 1. The number of anilines is 2. The summed E-state index contributed by atoms with van der Waals surface area (Å²) < 4.78 is 25.5. The normalized spacial score (nSPS) is 16.1. The van der Waals surface area contributed by atoms with E-state index < -0.39 is 10.8 Å². The van der Waals surface area contributed by atoms with Crippen LogP contribution in [0.15, 0.2) is 65.7 Å². The molecule has 0 bridgehead atoms. The van der Waals surface area contributed by atoms with Gasteiger partial charge in [-0.25, -0.2) is 9.37 Å². The molecule has 4 rings (SSSR count). The van der Waals surface area contributed by atoms with Gasteiger partial charge in [-0.1, -0.05) is 32.0 Å². The Balaban J connectivity index is 0.000000663. The first-order chi connectivity index (χ1) is 19.1. The fourth-order valence-corrected chi connectivity index (χ4v) is 5.55. The van der Waals surface area contributed by atoms with Crippen molar-refractivity contribution in [2.75, 3.05) is 23.0 Å². The van der Waals surface area contributed by atoms with Crippen molar-refractivity contribution in [2.45, 2.75) is 76.7 Å². The van der Waals surface area contributed by atoms with E-state index in [0.29, 0.717) is 5.82 Å². The van der Waals surface area contributed by atoms with Crippen molar-refractivity contribution in [1.82, 2.24) is 4.98 Å². The van der Waals surface area contributed by atoms with E-state index in [0.717, 1.165) is 65.9 Å². The van der Waals surface area contributed by atoms with E-state index in [4.69, 9.17) is 0 Å². The molecule has 3 atom stereocenters. The van der Waals surface area contributed by atoms with Crippen LogP contribution in [0.2, 0.25) is 0 Å². The molecule has 40 heavy (non-hydrogen) atoms. The summed E-state index contributed by atoms with van der Waals surface area (Å²) in [4.78, 5) is 30.5. The zero-order valence-corrected chi connectivity index (χ0v) is 24.9. The van der Waals surface area contributed by atoms with Crippen molar-refractivity contribution in [1.29, 1.82) is 0 Å². The van der Waals surface area contributed by atoms with Crippen LogP contribution in [0, 0.1) is 5.82 Å². The van der Waals surface area contributed by atoms with Gasteiger partial charge in [-0.05, 0) is 92.6 Å². The first-order valence-corrected chi connectivity index (χ1v) is 15.4. The van der Waals surface area contributed by atoms with Crippen molar-refractivity contribution in [3.63, 3.8) is 0 Å². The standard InChI is InChI=1S/C27H30FN3O2S.C5H10O/c1-4-19-16-23(34(3)33)11-12-24(19)18(2)27(32)30-26-13-10-22(17-29-26)31-14-6-9-25(31)20-7-5-8-21(28)15-20;1-3-4-5(2)6/h5,7-8,10-13,15-18,25H,4,6,9,14H2,1-3H3,(H,29,30,32);3-4H2,1-2H3. The molecule has 6 nitrogen and oxygen atoms in total. The van der Waals surface area contributed by atoms with Crippen LogP contribution in [0.1, 0.15) is 82.0 Å². The Morgan fingerprint density at radius 2 is 1.93 bits per heavy atom. The highest BCUT2D eigenvalue weighted by Gasteiger charge is 2.27. The first-order valence-electron chi connectivity index (χ1n) is 13.9. The van der Waals surface area contributed by atoms with Gasteiger partial charge in [0.25, 0.3) is 0 Å². The fourth-order valence-electron chi connectivity index (χ4n) is 4.98. The number of pyridine rings is 1. The van der Waals surface area contributed by atoms with Crippen LogP contribution in [0.5, 0.6) is 0 Å². The highest BCUT2D eigenvalue weighted by atomic mass is 32.2. The van der Waals surface area contributed by atoms with Gasteiger partial charge in [0.05, 0.1) is 23.8 Å². The summed E-state index contributed by atoms with van der Waals surface area (Å²) in [6, 6.07) is 16.3. The lowest BCUT2D eigenvalue weighted by Gasteiger charge is -2.27. The number of hydrogen-bond donors (Lipinski definition) is 1. The van der Waals surface area contributed by atoms with Crippen LogP contribution < -0.4 is 10.2 Å². The number of carbonyl (C=O) groups is 2. The molecular formula is C32H40FN3O3S. The van der Waals surface area contributed by atoms with Gasteiger partial charge < -0.3 is 15.0 Å². The quantitative estimate of drug-likeness (QED) is 0.303. The molecule has 3 aromatic rings. The molecule has 1 N–H and O–H groups in total. The number of carbonyl (C=O) groups excluding carboxylic acids is 2. The highest BCUT2D eigenvalue weighted by Crippen LogP contribution is 2.36. The van der Waals surface area contributed by atoms with E-state index >= 15 is 0 Å². The zero-order valence-electron chi connectivity index (χ0n) is 24.1. The smallest absolute Gasteiger partial charge is 0.232 e. The van der Waals surface area contributed by atoms with Crippen LogP contribution in [0.4, 0.5) is 15.9 Å². The van der Waals surface area contributed by atoms with E-state index in [1.54, 1.807) is 31.5 Å². The number of benzene rings is 2. The van der Waals surface area contributed by atoms with Gasteiger partial charge >= 0.3 is 0 Å². The molecule has 2 aromatic carbocycles. The van der Waals surface area contributed by atoms with E-state index in [1.165, 1.54) is 6.07 Å². The zero-order chi connectivity index (χ0) is 29.2. The maximum atomic E-state index is 13.7. The monoisotopic (exact) mass is 565 g/mol. The summed E-state index contributed by atoms with van der Waals surface area (Å²) >= 11 is 0. The van der Waals surface area contributed by atoms with Gasteiger partial charge in [0.1, 0.15) is 17.4 Å². The third-order valence-electron chi connectivity index (χ3n) is 7.11. The lowest BCUT2D eigenvalue weighted by Crippen LogP contribution is -2.23. The third kappa shape index (κ3) is 8.31. The number of hydrogen-bond acceptors (Lipinski definition) is 5. The van der Waals surface area contributed by atoms with E-state index in [9.17, 15) is 18.2 Å². The molecular weight excluding hydrogens is 525 g/mol. The number of ketones is 1. The number of aryl methyl sites for hydroxylation is 1. The SMILES string of the molecule is CCCC(C)=O.CCc1cc(S(C)=O)ccc1C(C)C(=O)Nc1ccc(N2CCCC2c2cccc(F)c2)cn1. The number of Topliss-reactive ketones (excluding diaryl/α,β-unsaturated/α-hetero) is 1. The van der Waals surface area contributed by atoms with Crippen molar-refractivity contribution in [2.24, 2.45) is 0 Å². The average molecular weight is 566 g/mol. The largest absolute Gasteiger partial charge is 0.363 e. The van der Waals surface area contributed by atoms with Crippen LogP contribution >= 0.6 is 0 Å². The summed E-state index contributed by atoms with van der Waals surface area (Å²) in [7, 11) is -1.06. The molecule has 1 aliphatic heterocycles.